The number of benzene rings is 1. The van der Waals surface area contributed by atoms with Crippen LogP contribution in [0.2, 0.25) is 0 Å². The van der Waals surface area contributed by atoms with Crippen LogP contribution in [0.1, 0.15) is 60.7 Å². The van der Waals surface area contributed by atoms with Gasteiger partial charge in [0.15, 0.2) is 0 Å². The number of carboxylic acids is 2. The minimum Gasteiger partial charge on any atom is -0.870 e. The van der Waals surface area contributed by atoms with E-state index in [1.54, 1.807) is 0 Å². The van der Waals surface area contributed by atoms with Crippen molar-refractivity contribution in [3.63, 3.8) is 0 Å². The summed E-state index contributed by atoms with van der Waals surface area (Å²) < 4.78 is 0. The Kier molecular flexibility index (Phi) is 20.9. The molecule has 0 fully saturated rings. The van der Waals surface area contributed by atoms with Crippen molar-refractivity contribution >= 4 is 60.6 Å². The zero-order valence-electron chi connectivity index (χ0n) is 14.7. The normalized spacial score (nSPS) is 9.17. The molecule has 1 rings (SSSR count). The monoisotopic (exact) mass is 382 g/mol. The second-order valence-corrected chi connectivity index (χ2v) is 7.33. The molecule has 132 valence electrons. The topological polar surface area (TPSA) is 110 Å². The van der Waals surface area contributed by atoms with Crippen LogP contribution in [-0.4, -0.2) is 72.4 Å². The standard InChI is InChI=1S/C9H21S.C8H6O4.Ca.H2O/c1-4-7-10(8-5-2)9-6-3;9-7(10)5-2-1-3-6(4-5)8(11)12;;/h4-9H2,1-3H3;1-4H,(H,9,10)(H,11,12);;1H2/q+1;;+2;/p-3. The van der Waals surface area contributed by atoms with E-state index in [-0.39, 0.29) is 54.3 Å². The number of hydrogen-bond donors (Lipinski definition) is 0. The van der Waals surface area contributed by atoms with Gasteiger partial charge in [0.2, 0.25) is 0 Å². The molecule has 5 nitrogen and oxygen atoms in total. The first-order valence-electron chi connectivity index (χ1n) is 7.63. The van der Waals surface area contributed by atoms with Crippen LogP contribution in [-0.2, 0) is 10.9 Å². The molecule has 0 spiro atoms. The summed E-state index contributed by atoms with van der Waals surface area (Å²) in [7, 11) is 0.775. The Labute approximate surface area is 177 Å². The van der Waals surface area contributed by atoms with E-state index in [9.17, 15) is 19.8 Å². The van der Waals surface area contributed by atoms with Crippen LogP contribution >= 0.6 is 0 Å². The molecule has 1 N–H and O–H groups in total. The zero-order valence-corrected chi connectivity index (χ0v) is 17.8. The Morgan fingerprint density at radius 3 is 1.46 bits per heavy atom. The first-order valence-corrected chi connectivity index (χ1v) is 9.36. The molecular formula is C17H26CaO5S. The van der Waals surface area contributed by atoms with E-state index in [0.29, 0.717) is 0 Å². The maximum absolute atomic E-state index is 10.3. The molecule has 0 unspecified atom stereocenters. The van der Waals surface area contributed by atoms with E-state index >= 15 is 0 Å². The van der Waals surface area contributed by atoms with Crippen molar-refractivity contribution in [3.8, 4) is 0 Å². The summed E-state index contributed by atoms with van der Waals surface area (Å²) in [6.07, 6.45) is 4.13. The molecule has 0 radical (unpaired) electrons. The van der Waals surface area contributed by atoms with Gasteiger partial charge in [0, 0.05) is 0 Å². The number of carbonyl (C=O) groups is 2. The summed E-state index contributed by atoms with van der Waals surface area (Å²) in [5.41, 5.74) is -0.339. The molecule has 0 bridgehead atoms. The molecule has 0 saturated heterocycles. The van der Waals surface area contributed by atoms with Crippen molar-refractivity contribution < 1.29 is 25.3 Å². The van der Waals surface area contributed by atoms with E-state index in [0.717, 1.165) is 17.0 Å². The summed E-state index contributed by atoms with van der Waals surface area (Å²) in [5, 5.41) is 20.5. The molecule has 24 heavy (non-hydrogen) atoms. The molecule has 0 saturated carbocycles. The van der Waals surface area contributed by atoms with Gasteiger partial charge in [0.25, 0.3) is 0 Å². The summed E-state index contributed by atoms with van der Waals surface area (Å²) >= 11 is 0. The fourth-order valence-corrected chi connectivity index (χ4v) is 4.29. The summed E-state index contributed by atoms with van der Waals surface area (Å²) in [6.45, 7) is 6.89. The molecule has 0 aliphatic heterocycles. The van der Waals surface area contributed by atoms with E-state index < -0.39 is 11.9 Å². The van der Waals surface area contributed by atoms with E-state index in [4.69, 9.17) is 0 Å². The van der Waals surface area contributed by atoms with Crippen molar-refractivity contribution in [1.29, 1.82) is 0 Å². The zero-order chi connectivity index (χ0) is 17.0. The van der Waals surface area contributed by atoms with Crippen LogP contribution < -0.4 is 10.2 Å². The number of carboxylic acid groups (broad SMARTS) is 2. The Balaban J connectivity index is -0.000000345. The van der Waals surface area contributed by atoms with Gasteiger partial charge in [-0.05, 0) is 47.4 Å². The van der Waals surface area contributed by atoms with Gasteiger partial charge in [-0.2, -0.15) is 0 Å². The second-order valence-electron chi connectivity index (χ2n) is 4.88. The van der Waals surface area contributed by atoms with Gasteiger partial charge >= 0.3 is 37.7 Å². The quantitative estimate of drug-likeness (QED) is 0.485. The number of carbonyl (C=O) groups excluding carboxylic acids is 2. The fraction of sp³-hybridized carbons (Fsp3) is 0.529. The smallest absolute Gasteiger partial charge is 0.870 e. The van der Waals surface area contributed by atoms with Crippen molar-refractivity contribution in [2.24, 2.45) is 0 Å². The number of hydrogen-bond acceptors (Lipinski definition) is 5. The first-order chi connectivity index (χ1) is 10.5. The molecule has 0 aromatic heterocycles. The van der Waals surface area contributed by atoms with Crippen LogP contribution in [0.15, 0.2) is 24.3 Å². The molecule has 1 aromatic rings. The maximum atomic E-state index is 10.3. The first kappa shape index (κ1) is 28.5. The molecule has 0 atom stereocenters. The van der Waals surface area contributed by atoms with Gasteiger partial charge in [-0.25, -0.2) is 0 Å². The van der Waals surface area contributed by atoms with Crippen LogP contribution in [0.5, 0.6) is 0 Å². The van der Waals surface area contributed by atoms with Crippen molar-refractivity contribution in [3.05, 3.63) is 35.4 Å². The Morgan fingerprint density at radius 1 is 0.875 bits per heavy atom. The van der Waals surface area contributed by atoms with Crippen LogP contribution in [0.3, 0.4) is 0 Å². The maximum Gasteiger partial charge on any atom is 2.00 e. The summed E-state index contributed by atoms with van der Waals surface area (Å²) in [6, 6.07) is 4.81. The Hall–Kier alpha value is -0.270. The average molecular weight is 383 g/mol. The van der Waals surface area contributed by atoms with Crippen molar-refractivity contribution in [1.82, 2.24) is 0 Å². The Morgan fingerprint density at radius 2 is 1.21 bits per heavy atom. The van der Waals surface area contributed by atoms with Crippen molar-refractivity contribution in [2.45, 2.75) is 40.0 Å². The number of aromatic carboxylic acids is 2. The molecule has 0 heterocycles. The SMILES string of the molecule is CCC[S+](CCC)CCC.O=C([O-])c1cccc(C(=O)[O-])c1.[Ca+2].[OH-]. The molecule has 0 aliphatic carbocycles. The average Bonchev–Trinajstić information content (AvgIpc) is 2.49. The third-order valence-corrected chi connectivity index (χ3v) is 5.77. The molecule has 7 heteroatoms. The molecule has 0 amide bonds. The van der Waals surface area contributed by atoms with E-state index in [1.807, 2.05) is 0 Å². The fourth-order valence-electron chi connectivity index (χ4n) is 1.95. The molecular weight excluding hydrogens is 356 g/mol. The van der Waals surface area contributed by atoms with Crippen LogP contribution in [0.25, 0.3) is 0 Å². The minimum atomic E-state index is -1.40. The van der Waals surface area contributed by atoms with Gasteiger partial charge < -0.3 is 25.3 Å². The van der Waals surface area contributed by atoms with Gasteiger partial charge in [0.1, 0.15) is 17.3 Å². The van der Waals surface area contributed by atoms with Gasteiger partial charge in [-0.3, -0.25) is 0 Å². The molecule has 0 aliphatic rings. The van der Waals surface area contributed by atoms with E-state index in [1.165, 1.54) is 54.7 Å². The third kappa shape index (κ3) is 13.1. The summed E-state index contributed by atoms with van der Waals surface area (Å²) in [4.78, 5) is 20.5. The third-order valence-electron chi connectivity index (χ3n) is 2.81. The van der Waals surface area contributed by atoms with Gasteiger partial charge in [-0.1, -0.05) is 39.0 Å². The van der Waals surface area contributed by atoms with Crippen LogP contribution in [0, 0.1) is 0 Å². The molecule has 1 aromatic carbocycles. The predicted octanol–water partition coefficient (Wildman–Crippen LogP) is 0.691. The minimum absolute atomic E-state index is 0. The second kappa shape index (κ2) is 17.5. The van der Waals surface area contributed by atoms with E-state index in [2.05, 4.69) is 20.8 Å². The summed E-state index contributed by atoms with van der Waals surface area (Å²) in [5.74, 6) is 1.61. The van der Waals surface area contributed by atoms with Gasteiger partial charge in [0.05, 0.1) is 11.9 Å². The Bertz CT molecular complexity index is 425. The number of rotatable bonds is 8. The van der Waals surface area contributed by atoms with Crippen molar-refractivity contribution in [2.75, 3.05) is 17.3 Å². The predicted molar refractivity (Wildman–Crippen MR) is 95.6 cm³/mol. The largest absolute Gasteiger partial charge is 2.00 e. The van der Waals surface area contributed by atoms with Gasteiger partial charge in [-0.15, -0.1) is 0 Å². The van der Waals surface area contributed by atoms with Crippen LogP contribution in [0.4, 0.5) is 0 Å².